The van der Waals surface area contributed by atoms with Gasteiger partial charge in [0.25, 0.3) is 11.1 Å². The molecule has 2 amide bonds. The van der Waals surface area contributed by atoms with Gasteiger partial charge < -0.3 is 14.2 Å². The molecule has 1 fully saturated rings. The SMILES string of the molecule is CCOc1cc(/C=C2\SC(=O)N(Cc3ccccc3C)C2=O)ccc1OCCOc1ccc(C(C)(C)C)cc1. The lowest BCUT2D eigenvalue weighted by Crippen LogP contribution is -2.27. The average molecular weight is 546 g/mol. The first kappa shape index (κ1) is 28.3. The zero-order chi connectivity index (χ0) is 28.0. The van der Waals surface area contributed by atoms with Crippen molar-refractivity contribution in [3.8, 4) is 17.2 Å². The van der Waals surface area contributed by atoms with Gasteiger partial charge in [0.05, 0.1) is 18.1 Å². The summed E-state index contributed by atoms with van der Waals surface area (Å²) in [6, 6.07) is 21.3. The normalized spacial score (nSPS) is 14.7. The topological polar surface area (TPSA) is 65.1 Å². The number of ether oxygens (including phenoxy) is 3. The number of benzene rings is 3. The van der Waals surface area contributed by atoms with Crippen molar-refractivity contribution in [1.29, 1.82) is 0 Å². The highest BCUT2D eigenvalue weighted by Gasteiger charge is 2.35. The molecule has 0 radical (unpaired) electrons. The van der Waals surface area contributed by atoms with E-state index in [1.807, 2.05) is 68.4 Å². The molecule has 1 aliphatic heterocycles. The second-order valence-electron chi connectivity index (χ2n) is 10.3. The Morgan fingerprint density at radius 2 is 1.59 bits per heavy atom. The van der Waals surface area contributed by atoms with Crippen LogP contribution in [0.4, 0.5) is 4.79 Å². The number of hydrogen-bond donors (Lipinski definition) is 0. The number of amides is 2. The van der Waals surface area contributed by atoms with Gasteiger partial charge in [-0.15, -0.1) is 0 Å². The van der Waals surface area contributed by atoms with E-state index in [2.05, 4.69) is 32.9 Å². The van der Waals surface area contributed by atoms with E-state index >= 15 is 0 Å². The van der Waals surface area contributed by atoms with Crippen LogP contribution in [-0.4, -0.2) is 35.9 Å². The Morgan fingerprint density at radius 3 is 2.28 bits per heavy atom. The van der Waals surface area contributed by atoms with E-state index in [1.165, 1.54) is 10.5 Å². The van der Waals surface area contributed by atoms with E-state index in [0.29, 0.717) is 36.2 Å². The molecule has 7 heteroatoms. The van der Waals surface area contributed by atoms with Crippen LogP contribution < -0.4 is 14.2 Å². The summed E-state index contributed by atoms with van der Waals surface area (Å²) in [7, 11) is 0. The Balaban J connectivity index is 1.38. The number of nitrogens with zero attached hydrogens (tertiary/aromatic N) is 1. The van der Waals surface area contributed by atoms with Crippen LogP contribution in [0.1, 0.15) is 49.9 Å². The van der Waals surface area contributed by atoms with Gasteiger partial charge in [-0.25, -0.2) is 0 Å². The van der Waals surface area contributed by atoms with Gasteiger partial charge >= 0.3 is 0 Å². The Bertz CT molecular complexity index is 1360. The van der Waals surface area contributed by atoms with Gasteiger partial charge in [-0.3, -0.25) is 14.5 Å². The van der Waals surface area contributed by atoms with Crippen molar-refractivity contribution in [2.24, 2.45) is 0 Å². The summed E-state index contributed by atoms with van der Waals surface area (Å²) in [5, 5.41) is -0.271. The minimum atomic E-state index is -0.292. The van der Waals surface area contributed by atoms with Crippen LogP contribution in [0.3, 0.4) is 0 Å². The van der Waals surface area contributed by atoms with Gasteiger partial charge in [0, 0.05) is 0 Å². The fraction of sp³-hybridized carbons (Fsp3) is 0.312. The van der Waals surface area contributed by atoms with Gasteiger partial charge in [0.1, 0.15) is 19.0 Å². The van der Waals surface area contributed by atoms with Crippen LogP contribution in [-0.2, 0) is 16.8 Å². The lowest BCUT2D eigenvalue weighted by molar-refractivity contribution is -0.123. The molecule has 1 aliphatic rings. The van der Waals surface area contributed by atoms with Crippen LogP contribution in [0.25, 0.3) is 6.08 Å². The van der Waals surface area contributed by atoms with Crippen LogP contribution in [0.5, 0.6) is 17.2 Å². The average Bonchev–Trinajstić information content (AvgIpc) is 3.16. The number of aryl methyl sites for hydroxylation is 1. The number of hydrogen-bond acceptors (Lipinski definition) is 6. The predicted octanol–water partition coefficient (Wildman–Crippen LogP) is 7.39. The minimum Gasteiger partial charge on any atom is -0.490 e. The van der Waals surface area contributed by atoms with Crippen molar-refractivity contribution in [1.82, 2.24) is 4.90 Å². The first-order chi connectivity index (χ1) is 18.7. The van der Waals surface area contributed by atoms with Crippen molar-refractivity contribution < 1.29 is 23.8 Å². The summed E-state index contributed by atoms with van der Waals surface area (Å²) in [6.07, 6.45) is 1.72. The predicted molar refractivity (Wildman–Crippen MR) is 156 cm³/mol. The lowest BCUT2D eigenvalue weighted by atomic mass is 9.87. The summed E-state index contributed by atoms with van der Waals surface area (Å²) in [5.74, 6) is 1.66. The molecule has 0 atom stereocenters. The number of thioether (sulfide) groups is 1. The maximum atomic E-state index is 13.0. The molecule has 1 heterocycles. The molecule has 0 bridgehead atoms. The largest absolute Gasteiger partial charge is 0.490 e. The molecule has 4 rings (SSSR count). The van der Waals surface area contributed by atoms with E-state index < -0.39 is 0 Å². The Labute approximate surface area is 235 Å². The van der Waals surface area contributed by atoms with Crippen LogP contribution >= 0.6 is 11.8 Å². The van der Waals surface area contributed by atoms with Crippen molar-refractivity contribution in [2.75, 3.05) is 19.8 Å². The molecule has 3 aromatic carbocycles. The molecule has 0 aliphatic carbocycles. The summed E-state index contributed by atoms with van der Waals surface area (Å²) in [6.45, 7) is 11.9. The van der Waals surface area contributed by atoms with Gasteiger partial charge in [-0.05, 0) is 83.6 Å². The summed E-state index contributed by atoms with van der Waals surface area (Å²) >= 11 is 0.952. The van der Waals surface area contributed by atoms with E-state index in [1.54, 1.807) is 6.08 Å². The molecular weight excluding hydrogens is 510 g/mol. The lowest BCUT2D eigenvalue weighted by Gasteiger charge is -2.19. The smallest absolute Gasteiger partial charge is 0.293 e. The zero-order valence-corrected chi connectivity index (χ0v) is 24.0. The fourth-order valence-electron chi connectivity index (χ4n) is 4.11. The Kier molecular flexibility index (Phi) is 9.02. The van der Waals surface area contributed by atoms with Gasteiger partial charge in [0.2, 0.25) is 0 Å². The molecule has 1 saturated heterocycles. The molecule has 6 nitrogen and oxygen atoms in total. The van der Waals surface area contributed by atoms with E-state index in [9.17, 15) is 9.59 Å². The monoisotopic (exact) mass is 545 g/mol. The van der Waals surface area contributed by atoms with Crippen molar-refractivity contribution in [3.63, 3.8) is 0 Å². The number of imide groups is 1. The molecule has 0 saturated carbocycles. The van der Waals surface area contributed by atoms with Crippen molar-refractivity contribution >= 4 is 29.0 Å². The van der Waals surface area contributed by atoms with E-state index in [-0.39, 0.29) is 23.1 Å². The standard InChI is InChI=1S/C32H35NO5S/c1-6-36-28-19-23(20-29-30(34)33(31(35)39-29)21-24-10-8-7-9-22(24)2)11-16-27(28)38-18-17-37-26-14-12-25(13-15-26)32(3,4)5/h7-16,19-20H,6,17-18,21H2,1-5H3/b29-20-. The van der Waals surface area contributed by atoms with Crippen LogP contribution in [0.2, 0.25) is 0 Å². The van der Waals surface area contributed by atoms with Crippen molar-refractivity contribution in [3.05, 3.63) is 93.9 Å². The molecule has 0 spiro atoms. The summed E-state index contributed by atoms with van der Waals surface area (Å²) in [4.78, 5) is 27.3. The Hall–Kier alpha value is -3.71. The highest BCUT2D eigenvalue weighted by molar-refractivity contribution is 8.18. The Morgan fingerprint density at radius 1 is 0.872 bits per heavy atom. The summed E-state index contributed by atoms with van der Waals surface area (Å²) < 4.78 is 17.6. The summed E-state index contributed by atoms with van der Waals surface area (Å²) in [5.41, 5.74) is 4.10. The van der Waals surface area contributed by atoms with E-state index in [4.69, 9.17) is 14.2 Å². The maximum Gasteiger partial charge on any atom is 0.293 e. The highest BCUT2D eigenvalue weighted by atomic mass is 32.2. The molecule has 39 heavy (non-hydrogen) atoms. The van der Waals surface area contributed by atoms with E-state index in [0.717, 1.165) is 34.2 Å². The first-order valence-electron chi connectivity index (χ1n) is 13.1. The maximum absolute atomic E-state index is 13.0. The number of rotatable bonds is 10. The second-order valence-corrected chi connectivity index (χ2v) is 11.3. The number of carbonyl (C=O) groups is 2. The highest BCUT2D eigenvalue weighted by Crippen LogP contribution is 2.35. The third-order valence-corrected chi connectivity index (χ3v) is 7.27. The third-order valence-electron chi connectivity index (χ3n) is 6.36. The van der Waals surface area contributed by atoms with Crippen molar-refractivity contribution in [2.45, 2.75) is 46.6 Å². The second kappa shape index (κ2) is 12.4. The quantitative estimate of drug-likeness (QED) is 0.196. The fourth-order valence-corrected chi connectivity index (χ4v) is 4.95. The van der Waals surface area contributed by atoms with Crippen LogP contribution in [0, 0.1) is 6.92 Å². The zero-order valence-electron chi connectivity index (χ0n) is 23.2. The molecular formula is C32H35NO5S. The molecule has 3 aromatic rings. The third kappa shape index (κ3) is 7.24. The van der Waals surface area contributed by atoms with Gasteiger partial charge in [-0.2, -0.15) is 0 Å². The molecule has 0 N–H and O–H groups in total. The first-order valence-corrected chi connectivity index (χ1v) is 13.9. The molecule has 0 aromatic heterocycles. The van der Waals surface area contributed by atoms with Crippen LogP contribution in [0.15, 0.2) is 71.6 Å². The minimum absolute atomic E-state index is 0.0966. The van der Waals surface area contributed by atoms with Gasteiger partial charge in [-0.1, -0.05) is 63.2 Å². The molecule has 204 valence electrons. The van der Waals surface area contributed by atoms with Gasteiger partial charge in [0.15, 0.2) is 11.5 Å². The number of carbonyl (C=O) groups excluding carboxylic acids is 2. The molecule has 0 unspecified atom stereocenters.